The van der Waals surface area contributed by atoms with Gasteiger partial charge >= 0.3 is 5.97 Å². The van der Waals surface area contributed by atoms with Crippen molar-refractivity contribution in [3.8, 4) is 17.0 Å². The van der Waals surface area contributed by atoms with E-state index < -0.39 is 5.97 Å². The minimum atomic E-state index is -1.05. The number of rotatable bonds is 5. The highest BCUT2D eigenvalue weighted by molar-refractivity contribution is 5.88. The average Bonchev–Trinajstić information content (AvgIpc) is 2.52. The number of carboxylic acids is 1. The smallest absolute Gasteiger partial charge is 0.328 e. The van der Waals surface area contributed by atoms with E-state index in [0.717, 1.165) is 11.6 Å². The molecule has 0 saturated heterocycles. The first-order chi connectivity index (χ1) is 10.9. The monoisotopic (exact) mass is 315 g/mol. The number of methoxy groups -OCH3 is 1. The first-order valence-corrected chi connectivity index (χ1v) is 7.17. The van der Waals surface area contributed by atoms with Gasteiger partial charge in [-0.05, 0) is 52.4 Å². The molecule has 1 aromatic carbocycles. The van der Waals surface area contributed by atoms with E-state index >= 15 is 0 Å². The molecule has 0 bridgehead atoms. The van der Waals surface area contributed by atoms with Gasteiger partial charge in [-0.15, -0.1) is 0 Å². The van der Waals surface area contributed by atoms with Gasteiger partial charge in [-0.3, -0.25) is 0 Å². The van der Waals surface area contributed by atoms with Crippen LogP contribution in [0.2, 0.25) is 0 Å². The Bertz CT molecular complexity index is 754. The van der Waals surface area contributed by atoms with Gasteiger partial charge in [0.15, 0.2) is 0 Å². The molecule has 120 valence electrons. The maximum atomic E-state index is 14.0. The Morgan fingerprint density at radius 2 is 2.09 bits per heavy atom. The van der Waals surface area contributed by atoms with Crippen LogP contribution in [0.3, 0.4) is 0 Å². The zero-order valence-electron chi connectivity index (χ0n) is 13.2. The predicted octanol–water partition coefficient (Wildman–Crippen LogP) is 4.12. The zero-order chi connectivity index (χ0) is 17.0. The number of hydrogen-bond donors (Lipinski definition) is 1. The average molecular weight is 315 g/mol. The lowest BCUT2D eigenvalue weighted by atomic mass is 9.90. The summed E-state index contributed by atoms with van der Waals surface area (Å²) in [5, 5.41) is 8.91. The van der Waals surface area contributed by atoms with Crippen molar-refractivity contribution in [1.29, 1.82) is 0 Å². The van der Waals surface area contributed by atoms with Gasteiger partial charge in [0.1, 0.15) is 5.82 Å². The third kappa shape index (κ3) is 3.94. The number of carboxylic acid groups (broad SMARTS) is 1. The van der Waals surface area contributed by atoms with Crippen molar-refractivity contribution in [2.24, 2.45) is 0 Å². The lowest BCUT2D eigenvalue weighted by Gasteiger charge is -2.16. The summed E-state index contributed by atoms with van der Waals surface area (Å²) >= 11 is 0. The maximum absolute atomic E-state index is 14.0. The van der Waals surface area contributed by atoms with E-state index in [4.69, 9.17) is 9.84 Å². The second kappa shape index (κ2) is 7.05. The SMILES string of the molecule is COc1cc(-c2cc(F)cc(C(C)C)c2/C=C/C(=O)O)ccn1. The third-order valence-electron chi connectivity index (χ3n) is 3.45. The van der Waals surface area contributed by atoms with Crippen molar-refractivity contribution in [2.45, 2.75) is 19.8 Å². The van der Waals surface area contributed by atoms with E-state index in [9.17, 15) is 9.18 Å². The lowest BCUT2D eigenvalue weighted by molar-refractivity contribution is -0.131. The van der Waals surface area contributed by atoms with E-state index in [1.807, 2.05) is 13.8 Å². The Labute approximate surface area is 134 Å². The number of carbonyl (C=O) groups is 1. The predicted molar refractivity (Wildman–Crippen MR) is 86.9 cm³/mol. The highest BCUT2D eigenvalue weighted by Crippen LogP contribution is 2.33. The topological polar surface area (TPSA) is 59.4 Å². The lowest BCUT2D eigenvalue weighted by Crippen LogP contribution is -1.99. The van der Waals surface area contributed by atoms with E-state index in [1.165, 1.54) is 25.3 Å². The van der Waals surface area contributed by atoms with Crippen molar-refractivity contribution >= 4 is 12.0 Å². The molecular weight excluding hydrogens is 297 g/mol. The summed E-state index contributed by atoms with van der Waals surface area (Å²) in [6.07, 6.45) is 4.12. The first-order valence-electron chi connectivity index (χ1n) is 7.17. The molecule has 1 heterocycles. The van der Waals surface area contributed by atoms with Gasteiger partial charge in [0.05, 0.1) is 7.11 Å². The molecule has 0 radical (unpaired) electrons. The molecule has 0 unspecified atom stereocenters. The van der Waals surface area contributed by atoms with Crippen LogP contribution in [0.4, 0.5) is 4.39 Å². The van der Waals surface area contributed by atoms with Crippen molar-refractivity contribution in [2.75, 3.05) is 7.11 Å². The molecule has 1 N–H and O–H groups in total. The molecular formula is C18H18FNO3. The molecule has 0 saturated carbocycles. The molecule has 23 heavy (non-hydrogen) atoms. The minimum Gasteiger partial charge on any atom is -0.481 e. The summed E-state index contributed by atoms with van der Waals surface area (Å²) in [7, 11) is 1.50. The van der Waals surface area contributed by atoms with Gasteiger partial charge in [-0.25, -0.2) is 14.2 Å². The van der Waals surface area contributed by atoms with Crippen molar-refractivity contribution in [3.63, 3.8) is 0 Å². The highest BCUT2D eigenvalue weighted by Gasteiger charge is 2.14. The van der Waals surface area contributed by atoms with Crippen LogP contribution in [0.25, 0.3) is 17.2 Å². The van der Waals surface area contributed by atoms with Crippen LogP contribution in [0.1, 0.15) is 30.9 Å². The molecule has 2 rings (SSSR count). The van der Waals surface area contributed by atoms with E-state index in [0.29, 0.717) is 22.6 Å². The van der Waals surface area contributed by atoms with Gasteiger partial charge in [-0.2, -0.15) is 0 Å². The Balaban J connectivity index is 2.71. The molecule has 2 aromatic rings. The molecule has 0 atom stereocenters. The maximum Gasteiger partial charge on any atom is 0.328 e. The zero-order valence-corrected chi connectivity index (χ0v) is 13.2. The largest absolute Gasteiger partial charge is 0.481 e. The van der Waals surface area contributed by atoms with Gasteiger partial charge in [0, 0.05) is 18.3 Å². The molecule has 0 aliphatic heterocycles. The molecule has 0 aliphatic rings. The van der Waals surface area contributed by atoms with E-state index in [2.05, 4.69) is 4.98 Å². The Hall–Kier alpha value is -2.69. The van der Waals surface area contributed by atoms with Crippen molar-refractivity contribution in [1.82, 2.24) is 4.98 Å². The first kappa shape index (κ1) is 16.7. The van der Waals surface area contributed by atoms with Gasteiger partial charge in [0.2, 0.25) is 5.88 Å². The van der Waals surface area contributed by atoms with Crippen LogP contribution in [-0.2, 0) is 4.79 Å². The Morgan fingerprint density at radius 3 is 2.70 bits per heavy atom. The third-order valence-corrected chi connectivity index (χ3v) is 3.45. The van der Waals surface area contributed by atoms with E-state index in [1.54, 1.807) is 18.3 Å². The Morgan fingerprint density at radius 1 is 1.35 bits per heavy atom. The number of aromatic nitrogens is 1. The number of ether oxygens (including phenoxy) is 1. The number of benzene rings is 1. The molecule has 0 spiro atoms. The molecule has 0 fully saturated rings. The highest BCUT2D eigenvalue weighted by atomic mass is 19.1. The van der Waals surface area contributed by atoms with E-state index in [-0.39, 0.29) is 11.7 Å². The quantitative estimate of drug-likeness (QED) is 0.843. The molecule has 5 heteroatoms. The van der Waals surface area contributed by atoms with Crippen LogP contribution in [0.5, 0.6) is 5.88 Å². The number of halogens is 1. The van der Waals surface area contributed by atoms with Gasteiger partial charge in [0.25, 0.3) is 0 Å². The summed E-state index contributed by atoms with van der Waals surface area (Å²) in [6.45, 7) is 3.87. The van der Waals surface area contributed by atoms with Gasteiger partial charge < -0.3 is 9.84 Å². The van der Waals surface area contributed by atoms with Crippen LogP contribution >= 0.6 is 0 Å². The minimum absolute atomic E-state index is 0.0432. The normalized spacial score (nSPS) is 11.2. The molecule has 0 aliphatic carbocycles. The summed E-state index contributed by atoms with van der Waals surface area (Å²) in [5.41, 5.74) is 2.74. The summed E-state index contributed by atoms with van der Waals surface area (Å²) in [4.78, 5) is 14.9. The van der Waals surface area contributed by atoms with Crippen molar-refractivity contribution < 1.29 is 19.0 Å². The fraction of sp³-hybridized carbons (Fsp3) is 0.222. The summed E-state index contributed by atoms with van der Waals surface area (Å²) in [6, 6.07) is 6.26. The van der Waals surface area contributed by atoms with Crippen LogP contribution in [0, 0.1) is 5.82 Å². The second-order valence-corrected chi connectivity index (χ2v) is 5.37. The summed E-state index contributed by atoms with van der Waals surface area (Å²) in [5.74, 6) is -0.970. The molecule has 0 amide bonds. The van der Waals surface area contributed by atoms with Crippen LogP contribution < -0.4 is 4.74 Å². The van der Waals surface area contributed by atoms with Gasteiger partial charge in [-0.1, -0.05) is 13.8 Å². The van der Waals surface area contributed by atoms with Crippen molar-refractivity contribution in [3.05, 3.63) is 53.5 Å². The molecule has 4 nitrogen and oxygen atoms in total. The van der Waals surface area contributed by atoms with Crippen LogP contribution in [-0.4, -0.2) is 23.2 Å². The second-order valence-electron chi connectivity index (χ2n) is 5.37. The Kier molecular flexibility index (Phi) is 5.11. The number of pyridine rings is 1. The standard InChI is InChI=1S/C18H18FNO3/c1-11(2)15-9-13(19)10-16(14(15)4-5-18(21)22)12-6-7-20-17(8-12)23-3/h4-11H,1-3H3,(H,21,22)/b5-4+. The molecule has 1 aromatic heterocycles. The number of nitrogens with zero attached hydrogens (tertiary/aromatic N) is 1. The van der Waals surface area contributed by atoms with Crippen LogP contribution in [0.15, 0.2) is 36.5 Å². The summed E-state index contributed by atoms with van der Waals surface area (Å²) < 4.78 is 19.2. The fourth-order valence-electron chi connectivity index (χ4n) is 2.38. The number of aliphatic carboxylic acids is 1. The fourth-order valence-corrected chi connectivity index (χ4v) is 2.38. The number of hydrogen-bond acceptors (Lipinski definition) is 3.